The number of guanidine groups is 1. The van der Waals surface area contributed by atoms with E-state index in [1.165, 1.54) is 9.91 Å². The van der Waals surface area contributed by atoms with Gasteiger partial charge in [0.15, 0.2) is 5.96 Å². The van der Waals surface area contributed by atoms with Crippen LogP contribution in [0.2, 0.25) is 0 Å². The minimum Gasteiger partial charge on any atom is -0.357 e. The van der Waals surface area contributed by atoms with Crippen molar-refractivity contribution in [3.63, 3.8) is 0 Å². The van der Waals surface area contributed by atoms with Crippen molar-refractivity contribution in [2.24, 2.45) is 4.99 Å². The second-order valence-corrected chi connectivity index (χ2v) is 6.38. The predicted molar refractivity (Wildman–Crippen MR) is 108 cm³/mol. The quantitative estimate of drug-likeness (QED) is 0.377. The lowest BCUT2D eigenvalue weighted by molar-refractivity contribution is -0.127. The second kappa shape index (κ2) is 11.6. The SMILES string of the molecule is CCNC(=NCC(=O)N(C)C)NCCc1csc(C(C)C)n1.I. The molecule has 1 heterocycles. The molecular formula is C15H28IN5OS. The Morgan fingerprint density at radius 2 is 2.09 bits per heavy atom. The molecule has 0 spiro atoms. The van der Waals surface area contributed by atoms with Crippen molar-refractivity contribution in [1.82, 2.24) is 20.5 Å². The van der Waals surface area contributed by atoms with Gasteiger partial charge in [0.2, 0.25) is 5.91 Å². The molecule has 0 atom stereocenters. The Morgan fingerprint density at radius 3 is 2.61 bits per heavy atom. The molecule has 1 rings (SSSR count). The number of thiazole rings is 1. The number of carbonyl (C=O) groups excluding carboxylic acids is 1. The highest BCUT2D eigenvalue weighted by Gasteiger charge is 2.07. The topological polar surface area (TPSA) is 69.6 Å². The minimum atomic E-state index is -0.0155. The Bertz CT molecular complexity index is 502. The molecular weight excluding hydrogens is 425 g/mol. The monoisotopic (exact) mass is 453 g/mol. The van der Waals surface area contributed by atoms with Gasteiger partial charge in [-0.05, 0) is 6.92 Å². The average molecular weight is 453 g/mol. The molecule has 1 aromatic rings. The van der Waals surface area contributed by atoms with E-state index in [1.54, 1.807) is 25.4 Å². The number of amides is 1. The summed E-state index contributed by atoms with van der Waals surface area (Å²) in [5.74, 6) is 1.12. The summed E-state index contributed by atoms with van der Waals surface area (Å²) < 4.78 is 0. The number of hydrogen-bond acceptors (Lipinski definition) is 4. The van der Waals surface area contributed by atoms with Crippen LogP contribution in [0, 0.1) is 0 Å². The van der Waals surface area contributed by atoms with E-state index in [9.17, 15) is 4.79 Å². The molecule has 0 aromatic carbocycles. The summed E-state index contributed by atoms with van der Waals surface area (Å²) in [6.07, 6.45) is 0.843. The van der Waals surface area contributed by atoms with Crippen LogP contribution in [0.15, 0.2) is 10.4 Å². The molecule has 0 fully saturated rings. The lowest BCUT2D eigenvalue weighted by Gasteiger charge is -2.12. The largest absolute Gasteiger partial charge is 0.357 e. The molecule has 8 heteroatoms. The molecule has 0 saturated heterocycles. The smallest absolute Gasteiger partial charge is 0.243 e. The maximum atomic E-state index is 11.6. The lowest BCUT2D eigenvalue weighted by Crippen LogP contribution is -2.39. The van der Waals surface area contributed by atoms with E-state index < -0.39 is 0 Å². The molecule has 6 nitrogen and oxygen atoms in total. The fourth-order valence-corrected chi connectivity index (χ4v) is 2.51. The predicted octanol–water partition coefficient (Wildman–Crippen LogP) is 2.07. The van der Waals surface area contributed by atoms with Crippen LogP contribution in [0.5, 0.6) is 0 Å². The van der Waals surface area contributed by atoms with Crippen LogP contribution in [0.25, 0.3) is 0 Å². The molecule has 0 saturated carbocycles. The molecule has 0 unspecified atom stereocenters. The van der Waals surface area contributed by atoms with Gasteiger partial charge in [0.1, 0.15) is 6.54 Å². The third-order valence-corrected chi connectivity index (χ3v) is 4.15. The van der Waals surface area contributed by atoms with Crippen molar-refractivity contribution in [2.45, 2.75) is 33.1 Å². The Labute approximate surface area is 160 Å². The zero-order valence-electron chi connectivity index (χ0n) is 14.5. The molecule has 0 aliphatic carbocycles. The number of aromatic nitrogens is 1. The van der Waals surface area contributed by atoms with Gasteiger partial charge < -0.3 is 15.5 Å². The van der Waals surface area contributed by atoms with E-state index in [2.05, 4.69) is 39.8 Å². The van der Waals surface area contributed by atoms with Crippen molar-refractivity contribution < 1.29 is 4.79 Å². The van der Waals surface area contributed by atoms with Gasteiger partial charge in [-0.25, -0.2) is 9.98 Å². The number of carbonyl (C=O) groups is 1. The zero-order chi connectivity index (χ0) is 16.5. The van der Waals surface area contributed by atoms with Crippen molar-refractivity contribution >= 4 is 47.2 Å². The van der Waals surface area contributed by atoms with Crippen molar-refractivity contribution in [2.75, 3.05) is 33.7 Å². The van der Waals surface area contributed by atoms with Crippen LogP contribution in [0.1, 0.15) is 37.4 Å². The number of nitrogens with one attached hydrogen (secondary N) is 2. The van der Waals surface area contributed by atoms with E-state index in [4.69, 9.17) is 0 Å². The normalized spacial score (nSPS) is 11.1. The summed E-state index contributed by atoms with van der Waals surface area (Å²) in [5, 5.41) is 9.65. The molecule has 2 N–H and O–H groups in total. The Kier molecular flexibility index (Phi) is 11.2. The molecule has 1 amide bonds. The Morgan fingerprint density at radius 1 is 1.39 bits per heavy atom. The summed E-state index contributed by atoms with van der Waals surface area (Å²) in [5.41, 5.74) is 1.10. The van der Waals surface area contributed by atoms with Crippen LogP contribution in [-0.2, 0) is 11.2 Å². The fourth-order valence-electron chi connectivity index (χ4n) is 1.64. The summed E-state index contributed by atoms with van der Waals surface area (Å²) >= 11 is 1.71. The summed E-state index contributed by atoms with van der Waals surface area (Å²) in [7, 11) is 3.46. The van der Waals surface area contributed by atoms with Gasteiger partial charge >= 0.3 is 0 Å². The van der Waals surface area contributed by atoms with Gasteiger partial charge in [-0.15, -0.1) is 35.3 Å². The second-order valence-electron chi connectivity index (χ2n) is 5.49. The number of halogens is 1. The first kappa shape index (κ1) is 22.1. The first-order valence-electron chi connectivity index (χ1n) is 7.60. The van der Waals surface area contributed by atoms with Gasteiger partial charge in [-0.2, -0.15) is 0 Å². The lowest BCUT2D eigenvalue weighted by atomic mass is 10.2. The van der Waals surface area contributed by atoms with E-state index in [0.717, 1.165) is 25.2 Å². The highest BCUT2D eigenvalue weighted by Crippen LogP contribution is 2.19. The van der Waals surface area contributed by atoms with E-state index in [1.807, 2.05) is 6.92 Å². The van der Waals surface area contributed by atoms with E-state index >= 15 is 0 Å². The molecule has 132 valence electrons. The molecule has 0 aliphatic rings. The summed E-state index contributed by atoms with van der Waals surface area (Å²) in [4.78, 5) is 22.0. The molecule has 0 aliphatic heterocycles. The summed E-state index contributed by atoms with van der Waals surface area (Å²) in [6.45, 7) is 7.95. The average Bonchev–Trinajstić information content (AvgIpc) is 2.93. The van der Waals surface area contributed by atoms with Crippen LogP contribution >= 0.6 is 35.3 Å². The van der Waals surface area contributed by atoms with E-state index in [0.29, 0.717) is 11.9 Å². The maximum absolute atomic E-state index is 11.6. The first-order chi connectivity index (χ1) is 10.4. The van der Waals surface area contributed by atoms with Gasteiger partial charge in [-0.3, -0.25) is 4.79 Å². The third-order valence-electron chi connectivity index (χ3n) is 2.95. The first-order valence-corrected chi connectivity index (χ1v) is 8.48. The van der Waals surface area contributed by atoms with E-state index in [-0.39, 0.29) is 36.4 Å². The zero-order valence-corrected chi connectivity index (χ0v) is 17.7. The number of nitrogens with zero attached hydrogens (tertiary/aromatic N) is 3. The van der Waals surface area contributed by atoms with Crippen molar-refractivity contribution in [1.29, 1.82) is 0 Å². The van der Waals surface area contributed by atoms with Gasteiger partial charge in [0, 0.05) is 44.9 Å². The van der Waals surface area contributed by atoms with Crippen LogP contribution < -0.4 is 10.6 Å². The molecule has 23 heavy (non-hydrogen) atoms. The molecule has 0 radical (unpaired) electrons. The standard InChI is InChI=1S/C15H27N5OS.HI/c1-6-16-15(18-9-13(21)20(4)5)17-8-7-12-10-22-14(19-12)11(2)3;/h10-11H,6-9H2,1-5H3,(H2,16,17,18);1H. The Hall–Kier alpha value is -0.900. The fraction of sp³-hybridized carbons (Fsp3) is 0.667. The number of aliphatic imine (C=N–C) groups is 1. The number of likely N-dealkylation sites (N-methyl/N-ethyl adjacent to an activating group) is 1. The molecule has 1 aromatic heterocycles. The molecule has 0 bridgehead atoms. The van der Waals surface area contributed by atoms with Crippen molar-refractivity contribution in [3.05, 3.63) is 16.1 Å². The number of rotatable bonds is 7. The minimum absolute atomic E-state index is 0. The van der Waals surface area contributed by atoms with Crippen LogP contribution in [0.3, 0.4) is 0 Å². The highest BCUT2D eigenvalue weighted by molar-refractivity contribution is 14.0. The van der Waals surface area contributed by atoms with Gasteiger partial charge in [0.05, 0.1) is 10.7 Å². The van der Waals surface area contributed by atoms with Gasteiger partial charge in [0.25, 0.3) is 0 Å². The van der Waals surface area contributed by atoms with Crippen LogP contribution in [0.4, 0.5) is 0 Å². The van der Waals surface area contributed by atoms with Gasteiger partial charge in [-0.1, -0.05) is 13.8 Å². The van der Waals surface area contributed by atoms with Crippen molar-refractivity contribution in [3.8, 4) is 0 Å². The summed E-state index contributed by atoms with van der Waals surface area (Å²) in [6, 6.07) is 0. The Balaban J connectivity index is 0.00000484. The third kappa shape index (κ3) is 8.50. The highest BCUT2D eigenvalue weighted by atomic mass is 127. The van der Waals surface area contributed by atoms with Crippen LogP contribution in [-0.4, -0.2) is 55.5 Å². The number of hydrogen-bond donors (Lipinski definition) is 2. The maximum Gasteiger partial charge on any atom is 0.243 e.